The number of carboxylic acids is 2. The molecule has 2 N–H and O–H groups in total. The molecule has 0 fully saturated rings. The Morgan fingerprint density at radius 2 is 1.75 bits per heavy atom. The Hall–Kier alpha value is -2.30. The van der Waals surface area contributed by atoms with E-state index in [9.17, 15) is 9.59 Å². The summed E-state index contributed by atoms with van der Waals surface area (Å²) in [5.74, 6) is -2.03. The van der Waals surface area contributed by atoms with E-state index in [2.05, 4.69) is 0 Å². The smallest absolute Gasteiger partial charge is 0.303 e. The third-order valence-electron chi connectivity index (χ3n) is 3.64. The number of aliphatic carboxylic acids is 2. The van der Waals surface area contributed by atoms with Crippen molar-refractivity contribution < 1.29 is 24.2 Å². The molecule has 1 aliphatic heterocycles. The lowest BCUT2D eigenvalue weighted by Crippen LogP contribution is -2.12. The van der Waals surface area contributed by atoms with Crippen LogP contribution in [0.2, 0.25) is 0 Å². The Balaban J connectivity index is 2.55. The van der Waals surface area contributed by atoms with Gasteiger partial charge < -0.3 is 14.6 Å². The summed E-state index contributed by atoms with van der Waals surface area (Å²) < 4.78 is 5.50. The van der Waals surface area contributed by atoms with E-state index < -0.39 is 17.9 Å². The molecule has 0 saturated heterocycles. The Kier molecular flexibility index (Phi) is 3.79. The second-order valence-electron chi connectivity index (χ2n) is 4.91. The Labute approximate surface area is 116 Å². The molecule has 0 radical (unpaired) electrons. The molecule has 0 aromatic carbocycles. The number of carboxylic acid groups (broad SMARTS) is 2. The van der Waals surface area contributed by atoms with Crippen molar-refractivity contribution in [3.8, 4) is 11.3 Å². The van der Waals surface area contributed by atoms with E-state index in [1.165, 1.54) is 6.26 Å². The van der Waals surface area contributed by atoms with Crippen molar-refractivity contribution in [2.45, 2.75) is 32.6 Å². The van der Waals surface area contributed by atoms with E-state index in [1.54, 1.807) is 6.07 Å². The van der Waals surface area contributed by atoms with Crippen LogP contribution < -0.4 is 0 Å². The minimum atomic E-state index is -1.02. The van der Waals surface area contributed by atoms with Gasteiger partial charge in [0.05, 0.1) is 19.1 Å². The summed E-state index contributed by atoms with van der Waals surface area (Å²) in [6.07, 6.45) is 1.07. The van der Waals surface area contributed by atoms with Crippen LogP contribution in [0.3, 0.4) is 0 Å². The molecule has 5 nitrogen and oxygen atoms in total. The fourth-order valence-electron chi connectivity index (χ4n) is 2.65. The van der Waals surface area contributed by atoms with Gasteiger partial charge in [-0.2, -0.15) is 0 Å². The van der Waals surface area contributed by atoms with Crippen LogP contribution in [-0.2, 0) is 9.59 Å². The van der Waals surface area contributed by atoms with Gasteiger partial charge in [-0.25, -0.2) is 0 Å². The van der Waals surface area contributed by atoms with Gasteiger partial charge in [-0.3, -0.25) is 9.59 Å². The van der Waals surface area contributed by atoms with E-state index in [1.807, 2.05) is 19.9 Å². The molecule has 106 valence electrons. The highest BCUT2D eigenvalue weighted by Crippen LogP contribution is 2.42. The fraction of sp³-hybridized carbons (Fsp3) is 0.333. The highest BCUT2D eigenvalue weighted by atomic mass is 16.4. The Morgan fingerprint density at radius 1 is 1.15 bits per heavy atom. The second-order valence-corrected chi connectivity index (χ2v) is 4.91. The van der Waals surface area contributed by atoms with Crippen molar-refractivity contribution in [2.24, 2.45) is 0 Å². The molecular formula is C15H16O5. The van der Waals surface area contributed by atoms with Crippen LogP contribution in [-0.4, -0.2) is 22.2 Å². The average molecular weight is 276 g/mol. The summed E-state index contributed by atoms with van der Waals surface area (Å²) in [6, 6.07) is 3.66. The van der Waals surface area contributed by atoms with Gasteiger partial charge in [0.25, 0.3) is 0 Å². The predicted molar refractivity (Wildman–Crippen MR) is 72.1 cm³/mol. The maximum Gasteiger partial charge on any atom is 0.303 e. The van der Waals surface area contributed by atoms with Crippen LogP contribution >= 0.6 is 0 Å². The second kappa shape index (κ2) is 5.36. The largest absolute Gasteiger partial charge is 0.481 e. The monoisotopic (exact) mass is 276 g/mol. The van der Waals surface area contributed by atoms with Gasteiger partial charge in [0.1, 0.15) is 5.76 Å². The summed E-state index contributed by atoms with van der Waals surface area (Å²) in [4.78, 5) is 22.0. The molecule has 2 rings (SSSR count). The van der Waals surface area contributed by atoms with Gasteiger partial charge in [-0.05, 0) is 37.1 Å². The lowest BCUT2D eigenvalue weighted by atomic mass is 9.90. The molecule has 0 bridgehead atoms. The molecule has 1 heterocycles. The summed E-state index contributed by atoms with van der Waals surface area (Å²) >= 11 is 0. The molecule has 0 unspecified atom stereocenters. The first-order valence-electron chi connectivity index (χ1n) is 6.31. The van der Waals surface area contributed by atoms with Crippen LogP contribution in [0.15, 0.2) is 22.8 Å². The summed E-state index contributed by atoms with van der Waals surface area (Å²) in [6.45, 7) is 3.80. The van der Waals surface area contributed by atoms with Crippen LogP contribution in [0.4, 0.5) is 0 Å². The lowest BCUT2D eigenvalue weighted by Gasteiger charge is -2.14. The van der Waals surface area contributed by atoms with Crippen LogP contribution in [0.1, 0.15) is 35.4 Å². The number of hydrogen-bond donors (Lipinski definition) is 2. The van der Waals surface area contributed by atoms with Gasteiger partial charge in [0, 0.05) is 17.0 Å². The molecule has 5 heteroatoms. The quantitative estimate of drug-likeness (QED) is 0.876. The van der Waals surface area contributed by atoms with Crippen LogP contribution in [0.5, 0.6) is 0 Å². The molecule has 0 atom stereocenters. The standard InChI is InChI=1S/C15H16O5/c1-8-9(2)14(15-11(8)4-3-5-20-15)10(6-12(16)17)7-13(18)19/h3-5,10H,6-7H2,1-2H3,(H,16,17)(H,18,19). The van der Waals surface area contributed by atoms with Crippen molar-refractivity contribution >= 4 is 11.9 Å². The number of fused-ring (bicyclic) bond motifs is 1. The van der Waals surface area contributed by atoms with Crippen LogP contribution in [0, 0.1) is 13.8 Å². The van der Waals surface area contributed by atoms with Crippen molar-refractivity contribution in [2.75, 3.05) is 0 Å². The molecule has 0 saturated carbocycles. The zero-order chi connectivity index (χ0) is 14.9. The molecule has 1 aliphatic carbocycles. The maximum atomic E-state index is 11.0. The predicted octanol–water partition coefficient (Wildman–Crippen LogP) is 3.03. The lowest BCUT2D eigenvalue weighted by molar-refractivity contribution is -0.139. The minimum absolute atomic E-state index is 0.226. The average Bonchev–Trinajstić information content (AvgIpc) is 2.61. The Bertz CT molecular complexity index is 610. The van der Waals surface area contributed by atoms with Crippen molar-refractivity contribution in [3.63, 3.8) is 0 Å². The first-order chi connectivity index (χ1) is 9.41. The molecule has 20 heavy (non-hydrogen) atoms. The third kappa shape index (κ3) is 2.52. The van der Waals surface area contributed by atoms with E-state index in [-0.39, 0.29) is 12.8 Å². The minimum Gasteiger partial charge on any atom is -0.481 e. The summed E-state index contributed by atoms with van der Waals surface area (Å²) in [7, 11) is 0. The first-order valence-corrected chi connectivity index (χ1v) is 6.31. The topological polar surface area (TPSA) is 87.7 Å². The van der Waals surface area contributed by atoms with Crippen molar-refractivity contribution in [3.05, 3.63) is 35.1 Å². The van der Waals surface area contributed by atoms with Crippen molar-refractivity contribution in [1.29, 1.82) is 0 Å². The SMILES string of the molecule is Cc1c2cccoc-2c(C(CC(=O)O)CC(=O)O)c1C. The first kappa shape index (κ1) is 14.1. The van der Waals surface area contributed by atoms with Crippen molar-refractivity contribution in [1.82, 2.24) is 0 Å². The van der Waals surface area contributed by atoms with Gasteiger partial charge in [-0.15, -0.1) is 0 Å². The zero-order valence-corrected chi connectivity index (χ0v) is 11.3. The van der Waals surface area contributed by atoms with E-state index in [0.717, 1.165) is 16.7 Å². The van der Waals surface area contributed by atoms with Gasteiger partial charge in [0.2, 0.25) is 0 Å². The maximum absolute atomic E-state index is 11.0. The third-order valence-corrected chi connectivity index (χ3v) is 3.64. The van der Waals surface area contributed by atoms with Gasteiger partial charge >= 0.3 is 11.9 Å². The number of carbonyl (C=O) groups is 2. The van der Waals surface area contributed by atoms with E-state index >= 15 is 0 Å². The molecule has 0 amide bonds. The highest BCUT2D eigenvalue weighted by Gasteiger charge is 2.29. The fourth-order valence-corrected chi connectivity index (χ4v) is 2.65. The van der Waals surface area contributed by atoms with Crippen LogP contribution in [0.25, 0.3) is 11.3 Å². The van der Waals surface area contributed by atoms with Gasteiger partial charge in [-0.1, -0.05) is 0 Å². The normalized spacial score (nSPS) is 11.2. The van der Waals surface area contributed by atoms with Gasteiger partial charge in [0.15, 0.2) is 0 Å². The van der Waals surface area contributed by atoms with E-state index in [0.29, 0.717) is 11.3 Å². The molecule has 0 aromatic rings. The molecular weight excluding hydrogens is 260 g/mol. The van der Waals surface area contributed by atoms with E-state index in [4.69, 9.17) is 14.6 Å². The molecule has 0 aromatic heterocycles. The molecule has 0 spiro atoms. The number of hydrogen-bond acceptors (Lipinski definition) is 3. The summed E-state index contributed by atoms with van der Waals surface area (Å²) in [5.41, 5.74) is 3.51. The summed E-state index contributed by atoms with van der Waals surface area (Å²) in [5, 5.41) is 18.0. The number of rotatable bonds is 5. The molecule has 2 aliphatic rings. The Morgan fingerprint density at radius 3 is 2.30 bits per heavy atom. The zero-order valence-electron chi connectivity index (χ0n) is 11.3. The highest BCUT2D eigenvalue weighted by molar-refractivity contribution is 5.78.